The molecular weight excluding hydrogens is 168 g/mol. The monoisotopic (exact) mass is 174 g/mol. The molecule has 60 valence electrons. The maximum Gasteiger partial charge on any atom is 0.401 e. The topological polar surface area (TPSA) is 57.5 Å². The highest BCUT2D eigenvalue weighted by Gasteiger charge is 1.74. The van der Waals surface area contributed by atoms with Gasteiger partial charge in [0.15, 0.2) is 0 Å². The third kappa shape index (κ3) is 8.78. The van der Waals surface area contributed by atoms with E-state index in [0.717, 1.165) is 0 Å². The van der Waals surface area contributed by atoms with E-state index >= 15 is 0 Å². The number of halogens is 1. The zero-order valence-corrected chi connectivity index (χ0v) is 6.32. The minimum atomic E-state index is -1.36. The lowest BCUT2D eigenvalue weighted by Crippen LogP contribution is -1.66. The first-order chi connectivity index (χ1) is 5.13. The Hall–Kier alpha value is -1.22. The van der Waals surface area contributed by atoms with Crippen LogP contribution in [-0.4, -0.2) is 15.6 Å². The van der Waals surface area contributed by atoms with E-state index in [1.165, 1.54) is 0 Å². The third-order valence-corrected chi connectivity index (χ3v) is 0.756. The number of hydrogen-bond acceptors (Lipinski definition) is 2. The first kappa shape index (κ1) is 9.78. The molecule has 0 spiro atoms. The highest BCUT2D eigenvalue weighted by molar-refractivity contribution is 6.60. The van der Waals surface area contributed by atoms with Gasteiger partial charge in [-0.05, 0) is 12.1 Å². The number of phenols is 1. The molecule has 0 bridgehead atoms. The predicted molar refractivity (Wildman–Crippen MR) is 42.0 cm³/mol. The van der Waals surface area contributed by atoms with Gasteiger partial charge in [0.25, 0.3) is 0 Å². The molecule has 0 aliphatic rings. The Balaban J connectivity index is 0.000000218. The molecule has 11 heavy (non-hydrogen) atoms. The molecule has 0 saturated carbocycles. The van der Waals surface area contributed by atoms with Crippen molar-refractivity contribution in [3.63, 3.8) is 0 Å². The molecule has 0 heterocycles. The van der Waals surface area contributed by atoms with E-state index in [4.69, 9.17) is 15.0 Å². The number of para-hydroxylation sites is 1. The summed E-state index contributed by atoms with van der Waals surface area (Å²) in [5.41, 5.74) is -1.36. The number of rotatable bonds is 0. The first-order valence-corrected chi connectivity index (χ1v) is 3.13. The molecule has 0 aromatic heterocycles. The van der Waals surface area contributed by atoms with Gasteiger partial charge in [0, 0.05) is 11.6 Å². The van der Waals surface area contributed by atoms with Gasteiger partial charge in [0.1, 0.15) is 5.75 Å². The maximum atomic E-state index is 8.77. The normalized spacial score (nSPS) is 7.73. The lowest BCUT2D eigenvalue weighted by molar-refractivity contribution is 0.220. The van der Waals surface area contributed by atoms with Gasteiger partial charge in [0.05, 0.1) is 0 Å². The third-order valence-electron chi connectivity index (χ3n) is 0.756. The number of benzene rings is 1. The van der Waals surface area contributed by atoms with Crippen LogP contribution in [0.25, 0.3) is 0 Å². The summed E-state index contributed by atoms with van der Waals surface area (Å²) in [6.45, 7) is 0. The van der Waals surface area contributed by atoms with Crippen LogP contribution in [-0.2, 0) is 0 Å². The van der Waals surface area contributed by atoms with Crippen LogP contribution < -0.4 is 0 Å². The Bertz CT molecular complexity index is 206. The van der Waals surface area contributed by atoms with Crippen molar-refractivity contribution in [2.45, 2.75) is 0 Å². The second-order valence-electron chi connectivity index (χ2n) is 1.59. The molecule has 0 aliphatic carbocycles. The molecular formula is C7H7ClO3. The second-order valence-corrected chi connectivity index (χ2v) is 1.91. The fraction of sp³-hybridized carbons (Fsp3) is 0. The number of hydrogen-bond donors (Lipinski definition) is 2. The molecule has 1 aromatic carbocycles. The molecule has 1 rings (SSSR count). The summed E-state index contributed by atoms with van der Waals surface area (Å²) < 4.78 is 0. The summed E-state index contributed by atoms with van der Waals surface area (Å²) >= 11 is 4.19. The Morgan fingerprint density at radius 3 is 1.82 bits per heavy atom. The van der Waals surface area contributed by atoms with Crippen molar-refractivity contribution in [2.75, 3.05) is 0 Å². The second kappa shape index (κ2) is 5.56. The van der Waals surface area contributed by atoms with Crippen molar-refractivity contribution >= 4 is 17.0 Å². The number of aromatic hydroxyl groups is 1. The van der Waals surface area contributed by atoms with E-state index in [1.807, 2.05) is 6.07 Å². The van der Waals surface area contributed by atoms with Gasteiger partial charge in [-0.1, -0.05) is 18.2 Å². The number of phenolic OH excluding ortho intramolecular Hbond substituents is 1. The molecule has 0 saturated heterocycles. The molecule has 0 unspecified atom stereocenters. The van der Waals surface area contributed by atoms with Gasteiger partial charge in [-0.25, -0.2) is 4.79 Å². The number of carboxylic acid groups (broad SMARTS) is 1. The van der Waals surface area contributed by atoms with Gasteiger partial charge < -0.3 is 10.2 Å². The zero-order valence-electron chi connectivity index (χ0n) is 5.57. The van der Waals surface area contributed by atoms with Crippen LogP contribution in [0.2, 0.25) is 0 Å². The summed E-state index contributed by atoms with van der Waals surface area (Å²) in [5.74, 6) is 0.322. The van der Waals surface area contributed by atoms with Crippen LogP contribution in [0.3, 0.4) is 0 Å². The lowest BCUT2D eigenvalue weighted by atomic mass is 10.3. The van der Waals surface area contributed by atoms with E-state index < -0.39 is 5.43 Å². The van der Waals surface area contributed by atoms with Crippen molar-refractivity contribution in [1.82, 2.24) is 0 Å². The van der Waals surface area contributed by atoms with Crippen molar-refractivity contribution in [2.24, 2.45) is 0 Å². The average Bonchev–Trinajstić information content (AvgIpc) is 1.87. The molecule has 0 fully saturated rings. The van der Waals surface area contributed by atoms with Crippen LogP contribution >= 0.6 is 11.6 Å². The van der Waals surface area contributed by atoms with Gasteiger partial charge in [-0.15, -0.1) is 0 Å². The van der Waals surface area contributed by atoms with Crippen molar-refractivity contribution < 1.29 is 15.0 Å². The Labute approximate surface area is 68.9 Å². The molecule has 0 amide bonds. The molecule has 4 heteroatoms. The number of carbonyl (C=O) groups is 1. The molecule has 0 atom stereocenters. The summed E-state index contributed by atoms with van der Waals surface area (Å²) in [6, 6.07) is 8.71. The van der Waals surface area contributed by atoms with Crippen molar-refractivity contribution in [1.29, 1.82) is 0 Å². The van der Waals surface area contributed by atoms with Crippen LogP contribution in [0.4, 0.5) is 4.79 Å². The van der Waals surface area contributed by atoms with Crippen molar-refractivity contribution in [3.05, 3.63) is 30.3 Å². The predicted octanol–water partition coefficient (Wildman–Crippen LogP) is 2.30. The van der Waals surface area contributed by atoms with Crippen LogP contribution in [0.15, 0.2) is 30.3 Å². The van der Waals surface area contributed by atoms with E-state index in [2.05, 4.69) is 11.6 Å². The fourth-order valence-electron chi connectivity index (χ4n) is 0.428. The Morgan fingerprint density at radius 2 is 1.64 bits per heavy atom. The fourth-order valence-corrected chi connectivity index (χ4v) is 0.428. The lowest BCUT2D eigenvalue weighted by Gasteiger charge is -1.82. The summed E-state index contributed by atoms with van der Waals surface area (Å²) in [6.07, 6.45) is 0. The molecule has 2 N–H and O–H groups in total. The standard InChI is InChI=1S/C6H6O.CHClO2/c7-6-4-2-1-3-5-6;2-1(3)4/h1-5,7H;(H,3,4). The minimum absolute atomic E-state index is 0.322. The van der Waals surface area contributed by atoms with Gasteiger partial charge >= 0.3 is 5.43 Å². The molecule has 0 radical (unpaired) electrons. The van der Waals surface area contributed by atoms with Crippen LogP contribution in [0.5, 0.6) is 5.75 Å². The van der Waals surface area contributed by atoms with E-state index in [0.29, 0.717) is 5.75 Å². The summed E-state index contributed by atoms with van der Waals surface area (Å²) in [5, 5.41) is 15.8. The largest absolute Gasteiger partial charge is 0.508 e. The Kier molecular flexibility index (Phi) is 4.94. The average molecular weight is 175 g/mol. The summed E-state index contributed by atoms with van der Waals surface area (Å²) in [7, 11) is 0. The van der Waals surface area contributed by atoms with Gasteiger partial charge in [0.2, 0.25) is 0 Å². The van der Waals surface area contributed by atoms with E-state index in [-0.39, 0.29) is 0 Å². The van der Waals surface area contributed by atoms with E-state index in [1.54, 1.807) is 24.3 Å². The molecule has 0 aliphatic heterocycles. The SMILES string of the molecule is O=C(O)Cl.Oc1ccccc1. The maximum absolute atomic E-state index is 8.77. The minimum Gasteiger partial charge on any atom is -0.508 e. The zero-order chi connectivity index (χ0) is 8.69. The quantitative estimate of drug-likeness (QED) is 0.594. The van der Waals surface area contributed by atoms with Crippen LogP contribution in [0.1, 0.15) is 0 Å². The van der Waals surface area contributed by atoms with Gasteiger partial charge in [-0.2, -0.15) is 0 Å². The van der Waals surface area contributed by atoms with Crippen molar-refractivity contribution in [3.8, 4) is 5.75 Å². The van der Waals surface area contributed by atoms with Crippen LogP contribution in [0, 0.1) is 0 Å². The summed E-state index contributed by atoms with van der Waals surface area (Å²) in [4.78, 5) is 8.77. The molecule has 1 aromatic rings. The Morgan fingerprint density at radius 1 is 1.27 bits per heavy atom. The molecule has 3 nitrogen and oxygen atoms in total. The van der Waals surface area contributed by atoms with Gasteiger partial charge in [-0.3, -0.25) is 0 Å². The highest BCUT2D eigenvalue weighted by atomic mass is 35.5. The highest BCUT2D eigenvalue weighted by Crippen LogP contribution is 2.02. The first-order valence-electron chi connectivity index (χ1n) is 2.75. The van der Waals surface area contributed by atoms with E-state index in [9.17, 15) is 0 Å². The smallest absolute Gasteiger partial charge is 0.401 e.